The number of carboxylic acid groups (broad SMARTS) is 1. The summed E-state index contributed by atoms with van der Waals surface area (Å²) in [6, 6.07) is 13.4. The summed E-state index contributed by atoms with van der Waals surface area (Å²) >= 11 is 1.04. The van der Waals surface area contributed by atoms with E-state index < -0.39 is 11.2 Å². The molecular weight excluding hydrogens is 274 g/mol. The summed E-state index contributed by atoms with van der Waals surface area (Å²) in [6.07, 6.45) is 0. The molecule has 0 spiro atoms. The molecule has 0 fully saturated rings. The normalized spacial score (nSPS) is 12.1. The fourth-order valence-electron chi connectivity index (χ4n) is 1.79. The maximum absolute atomic E-state index is 11.8. The molecule has 0 aromatic heterocycles. The van der Waals surface area contributed by atoms with Crippen LogP contribution < -0.4 is 10.4 Å². The van der Waals surface area contributed by atoms with E-state index in [4.69, 9.17) is 0 Å². The molecule has 1 atom stereocenters. The van der Waals surface area contributed by atoms with Gasteiger partial charge in [0, 0.05) is 16.3 Å². The summed E-state index contributed by atoms with van der Waals surface area (Å²) in [5.41, 5.74) is 0.731. The van der Waals surface area contributed by atoms with E-state index in [1.807, 2.05) is 42.5 Å². The summed E-state index contributed by atoms with van der Waals surface area (Å²) in [5.74, 6) is -1.30. The van der Waals surface area contributed by atoms with Gasteiger partial charge in [-0.2, -0.15) is 0 Å². The lowest BCUT2D eigenvalue weighted by Gasteiger charge is -2.12. The molecule has 0 saturated heterocycles. The Morgan fingerprint density at radius 2 is 1.90 bits per heavy atom. The van der Waals surface area contributed by atoms with Crippen molar-refractivity contribution < 1.29 is 14.7 Å². The van der Waals surface area contributed by atoms with E-state index in [9.17, 15) is 14.7 Å². The molecule has 0 unspecified atom stereocenters. The highest BCUT2D eigenvalue weighted by Crippen LogP contribution is 2.23. The van der Waals surface area contributed by atoms with Crippen molar-refractivity contribution in [2.24, 2.45) is 0 Å². The third-order valence-corrected chi connectivity index (χ3v) is 3.98. The molecule has 0 aliphatic carbocycles. The summed E-state index contributed by atoms with van der Waals surface area (Å²) in [4.78, 5) is 22.4. The van der Waals surface area contributed by atoms with E-state index in [-0.39, 0.29) is 11.7 Å². The number of benzene rings is 2. The largest absolute Gasteiger partial charge is 0.549 e. The lowest BCUT2D eigenvalue weighted by Crippen LogP contribution is -2.32. The Labute approximate surface area is 121 Å². The molecular formula is C15H14NO3S-. The molecule has 0 aliphatic heterocycles. The Balaban J connectivity index is 2.05. The topological polar surface area (TPSA) is 69.2 Å². The summed E-state index contributed by atoms with van der Waals surface area (Å²) in [7, 11) is 0. The van der Waals surface area contributed by atoms with Gasteiger partial charge in [0.25, 0.3) is 0 Å². The third kappa shape index (κ3) is 3.51. The highest BCUT2D eigenvalue weighted by atomic mass is 32.2. The number of fused-ring (bicyclic) bond motifs is 1. The number of carbonyl (C=O) groups is 2. The number of thioether (sulfide) groups is 1. The monoisotopic (exact) mass is 288 g/mol. The van der Waals surface area contributed by atoms with E-state index in [1.165, 1.54) is 6.92 Å². The average Bonchev–Trinajstić information content (AvgIpc) is 2.45. The first-order chi connectivity index (χ1) is 9.58. The van der Waals surface area contributed by atoms with Crippen molar-refractivity contribution in [3.8, 4) is 0 Å². The lowest BCUT2D eigenvalue weighted by atomic mass is 10.1. The fraction of sp³-hybridized carbons (Fsp3) is 0.200. The van der Waals surface area contributed by atoms with Crippen LogP contribution in [0.4, 0.5) is 5.69 Å². The van der Waals surface area contributed by atoms with Crippen LogP contribution in [0.5, 0.6) is 0 Å². The Hall–Kier alpha value is -2.01. The number of hydrogen-bond donors (Lipinski definition) is 1. The highest BCUT2D eigenvalue weighted by molar-refractivity contribution is 8.01. The SMILES string of the molecule is C[C@H](SCC(=O)Nc1cccc2ccccc12)C(=O)[O-]. The van der Waals surface area contributed by atoms with Gasteiger partial charge in [0.05, 0.1) is 11.7 Å². The van der Waals surface area contributed by atoms with Crippen LogP contribution in [0.25, 0.3) is 10.8 Å². The quantitative estimate of drug-likeness (QED) is 0.908. The molecule has 5 heteroatoms. The zero-order valence-corrected chi connectivity index (χ0v) is 11.8. The number of amides is 1. The minimum absolute atomic E-state index is 0.0817. The Kier molecular flexibility index (Phi) is 4.63. The first kappa shape index (κ1) is 14.4. The molecule has 0 aliphatic rings. The second-order valence-electron chi connectivity index (χ2n) is 4.35. The van der Waals surface area contributed by atoms with Crippen LogP contribution in [0.2, 0.25) is 0 Å². The van der Waals surface area contributed by atoms with Crippen molar-refractivity contribution in [1.82, 2.24) is 0 Å². The average molecular weight is 288 g/mol. The molecule has 0 saturated carbocycles. The molecule has 1 amide bonds. The van der Waals surface area contributed by atoms with Gasteiger partial charge in [0.2, 0.25) is 5.91 Å². The van der Waals surface area contributed by atoms with Gasteiger partial charge in [-0.05, 0) is 18.4 Å². The second kappa shape index (κ2) is 6.43. The molecule has 0 heterocycles. The van der Waals surface area contributed by atoms with Crippen molar-refractivity contribution >= 4 is 40.1 Å². The van der Waals surface area contributed by atoms with Crippen molar-refractivity contribution in [3.63, 3.8) is 0 Å². The summed E-state index contributed by atoms with van der Waals surface area (Å²) < 4.78 is 0. The first-order valence-corrected chi connectivity index (χ1v) is 7.23. The van der Waals surface area contributed by atoms with Gasteiger partial charge >= 0.3 is 0 Å². The van der Waals surface area contributed by atoms with Crippen molar-refractivity contribution in [2.75, 3.05) is 11.1 Å². The van der Waals surface area contributed by atoms with E-state index >= 15 is 0 Å². The predicted octanol–water partition coefficient (Wildman–Crippen LogP) is 1.65. The number of carbonyl (C=O) groups excluding carboxylic acids is 2. The van der Waals surface area contributed by atoms with E-state index in [1.54, 1.807) is 0 Å². The van der Waals surface area contributed by atoms with Gasteiger partial charge in [-0.15, -0.1) is 11.8 Å². The number of hydrogen-bond acceptors (Lipinski definition) is 4. The first-order valence-electron chi connectivity index (χ1n) is 6.18. The van der Waals surface area contributed by atoms with Crippen LogP contribution in [0.3, 0.4) is 0 Å². The molecule has 2 aromatic carbocycles. The molecule has 2 rings (SSSR count). The van der Waals surface area contributed by atoms with E-state index in [0.29, 0.717) is 0 Å². The van der Waals surface area contributed by atoms with Gasteiger partial charge in [-0.25, -0.2) is 0 Å². The van der Waals surface area contributed by atoms with E-state index in [0.717, 1.165) is 28.2 Å². The van der Waals surface area contributed by atoms with Crippen LogP contribution in [-0.4, -0.2) is 22.9 Å². The number of aliphatic carboxylic acids is 1. The summed E-state index contributed by atoms with van der Waals surface area (Å²) in [6.45, 7) is 1.51. The molecule has 104 valence electrons. The summed E-state index contributed by atoms with van der Waals surface area (Å²) in [5, 5.41) is 14.7. The minimum Gasteiger partial charge on any atom is -0.549 e. The van der Waals surface area contributed by atoms with Crippen LogP contribution in [-0.2, 0) is 9.59 Å². The maximum Gasteiger partial charge on any atom is 0.234 e. The zero-order valence-electron chi connectivity index (χ0n) is 11.0. The van der Waals surface area contributed by atoms with Crippen molar-refractivity contribution in [1.29, 1.82) is 0 Å². The van der Waals surface area contributed by atoms with Crippen LogP contribution >= 0.6 is 11.8 Å². The molecule has 1 N–H and O–H groups in total. The van der Waals surface area contributed by atoms with Gasteiger partial charge in [-0.3, -0.25) is 4.79 Å². The van der Waals surface area contributed by atoms with Crippen LogP contribution in [0.15, 0.2) is 42.5 Å². The van der Waals surface area contributed by atoms with Gasteiger partial charge in [-0.1, -0.05) is 36.4 Å². The van der Waals surface area contributed by atoms with Crippen molar-refractivity contribution in [2.45, 2.75) is 12.2 Å². The predicted molar refractivity (Wildman–Crippen MR) is 79.5 cm³/mol. The number of anilines is 1. The van der Waals surface area contributed by atoms with Gasteiger partial charge in [0.15, 0.2) is 0 Å². The van der Waals surface area contributed by atoms with Gasteiger partial charge in [0.1, 0.15) is 0 Å². The lowest BCUT2D eigenvalue weighted by molar-refractivity contribution is -0.304. The standard InChI is InChI=1S/C15H15NO3S/c1-10(15(18)19)20-9-14(17)16-13-8-4-6-11-5-2-3-7-12(11)13/h2-8,10H,9H2,1H3,(H,16,17)(H,18,19)/p-1/t10-/m0/s1. The van der Waals surface area contributed by atoms with Crippen LogP contribution in [0.1, 0.15) is 6.92 Å². The highest BCUT2D eigenvalue weighted by Gasteiger charge is 2.09. The molecule has 0 radical (unpaired) electrons. The molecule has 0 bridgehead atoms. The number of rotatable bonds is 5. The second-order valence-corrected chi connectivity index (χ2v) is 5.68. The molecule has 4 nitrogen and oxygen atoms in total. The van der Waals surface area contributed by atoms with Crippen molar-refractivity contribution in [3.05, 3.63) is 42.5 Å². The molecule has 2 aromatic rings. The fourth-order valence-corrected chi connectivity index (χ4v) is 2.40. The Morgan fingerprint density at radius 1 is 1.20 bits per heavy atom. The Bertz CT molecular complexity index is 637. The number of carboxylic acids is 1. The third-order valence-electron chi connectivity index (χ3n) is 2.86. The zero-order chi connectivity index (χ0) is 14.5. The minimum atomic E-state index is -1.16. The molecule has 20 heavy (non-hydrogen) atoms. The van der Waals surface area contributed by atoms with Gasteiger partial charge < -0.3 is 15.2 Å². The Morgan fingerprint density at radius 3 is 2.65 bits per heavy atom. The smallest absolute Gasteiger partial charge is 0.234 e. The maximum atomic E-state index is 11.8. The number of nitrogens with one attached hydrogen (secondary N) is 1. The van der Waals surface area contributed by atoms with Crippen LogP contribution in [0, 0.1) is 0 Å². The van der Waals surface area contributed by atoms with E-state index in [2.05, 4.69) is 5.32 Å².